The maximum absolute atomic E-state index is 13.4. The molecule has 0 amide bonds. The summed E-state index contributed by atoms with van der Waals surface area (Å²) >= 11 is 1.71. The maximum atomic E-state index is 13.4. The summed E-state index contributed by atoms with van der Waals surface area (Å²) < 4.78 is 31.6. The van der Waals surface area contributed by atoms with Gasteiger partial charge < -0.3 is 4.52 Å². The number of benzene rings is 2. The molecule has 5 rings (SSSR count). The summed E-state index contributed by atoms with van der Waals surface area (Å²) in [4.78, 5) is 8.99. The maximum Gasteiger partial charge on any atom is 0.258 e. The first kappa shape index (κ1) is 16.3. The number of nitrogens with zero attached hydrogens (tertiary/aromatic N) is 3. The second kappa shape index (κ2) is 6.35. The first-order valence-corrected chi connectivity index (χ1v) is 9.41. The molecule has 0 unspecified atom stereocenters. The molecular weight excluding hydrogens is 368 g/mol. The quantitative estimate of drug-likeness (QED) is 0.456. The van der Waals surface area contributed by atoms with Gasteiger partial charge in [0.1, 0.15) is 0 Å². The van der Waals surface area contributed by atoms with E-state index >= 15 is 0 Å². The number of hydrogen-bond donors (Lipinski definition) is 0. The lowest BCUT2D eigenvalue weighted by atomic mass is 10.1. The van der Waals surface area contributed by atoms with Gasteiger partial charge in [0.15, 0.2) is 11.6 Å². The van der Waals surface area contributed by atoms with Gasteiger partial charge in [0, 0.05) is 28.0 Å². The van der Waals surface area contributed by atoms with Gasteiger partial charge in [0.05, 0.1) is 10.7 Å². The van der Waals surface area contributed by atoms with Crippen LogP contribution in [0.5, 0.6) is 0 Å². The van der Waals surface area contributed by atoms with Crippen LogP contribution in [0.2, 0.25) is 0 Å². The van der Waals surface area contributed by atoms with E-state index in [1.165, 1.54) is 23.9 Å². The Kier molecular flexibility index (Phi) is 3.82. The minimum Gasteiger partial charge on any atom is -0.334 e. The summed E-state index contributed by atoms with van der Waals surface area (Å²) in [5.74, 6) is -0.691. The molecule has 27 heavy (non-hydrogen) atoms. The predicted molar refractivity (Wildman–Crippen MR) is 98.2 cm³/mol. The fourth-order valence-electron chi connectivity index (χ4n) is 2.82. The third-order valence-corrected chi connectivity index (χ3v) is 5.49. The summed E-state index contributed by atoms with van der Waals surface area (Å²) in [6.07, 6.45) is 2.48. The largest absolute Gasteiger partial charge is 0.334 e. The van der Waals surface area contributed by atoms with Gasteiger partial charge in [0.25, 0.3) is 5.89 Å². The van der Waals surface area contributed by atoms with Gasteiger partial charge in [-0.2, -0.15) is 4.98 Å². The lowest BCUT2D eigenvalue weighted by molar-refractivity contribution is 0.431. The smallest absolute Gasteiger partial charge is 0.258 e. The number of halogens is 2. The van der Waals surface area contributed by atoms with Gasteiger partial charge in [-0.25, -0.2) is 13.8 Å². The van der Waals surface area contributed by atoms with Crippen LogP contribution in [0.1, 0.15) is 23.8 Å². The van der Waals surface area contributed by atoms with E-state index in [0.29, 0.717) is 17.3 Å². The van der Waals surface area contributed by atoms with Gasteiger partial charge in [-0.15, -0.1) is 11.3 Å². The molecule has 0 bridgehead atoms. The Morgan fingerprint density at radius 1 is 0.889 bits per heavy atom. The minimum absolute atomic E-state index is 0.140. The molecule has 7 heteroatoms. The lowest BCUT2D eigenvalue weighted by Gasteiger charge is -1.98. The van der Waals surface area contributed by atoms with E-state index in [9.17, 15) is 8.78 Å². The molecule has 0 spiro atoms. The van der Waals surface area contributed by atoms with Crippen LogP contribution in [0.4, 0.5) is 8.78 Å². The van der Waals surface area contributed by atoms with Crippen LogP contribution in [0.15, 0.2) is 52.4 Å². The van der Waals surface area contributed by atoms with Crippen molar-refractivity contribution in [3.63, 3.8) is 0 Å². The molecule has 0 radical (unpaired) electrons. The van der Waals surface area contributed by atoms with Crippen molar-refractivity contribution in [1.82, 2.24) is 15.1 Å². The number of rotatable bonds is 4. The van der Waals surface area contributed by atoms with Gasteiger partial charge in [-0.05, 0) is 31.0 Å². The summed E-state index contributed by atoms with van der Waals surface area (Å²) in [6.45, 7) is 0. The molecule has 1 aliphatic rings. The highest BCUT2D eigenvalue weighted by molar-refractivity contribution is 7.10. The molecule has 1 saturated carbocycles. The third-order valence-electron chi connectivity index (χ3n) is 4.48. The Labute approximate surface area is 157 Å². The lowest BCUT2D eigenvalue weighted by Crippen LogP contribution is -1.86. The summed E-state index contributed by atoms with van der Waals surface area (Å²) in [6, 6.07) is 11.2. The van der Waals surface area contributed by atoms with Gasteiger partial charge in [0.2, 0.25) is 5.82 Å². The van der Waals surface area contributed by atoms with E-state index in [1.807, 2.05) is 24.3 Å². The normalized spacial score (nSPS) is 13.9. The number of hydrogen-bond acceptors (Lipinski definition) is 5. The highest BCUT2D eigenvalue weighted by atomic mass is 32.1. The van der Waals surface area contributed by atoms with Gasteiger partial charge >= 0.3 is 0 Å². The van der Waals surface area contributed by atoms with Crippen LogP contribution >= 0.6 is 11.3 Å². The van der Waals surface area contributed by atoms with Crippen LogP contribution in [0, 0.1) is 11.6 Å². The standard InChI is InChI=1S/C20H13F2N3OS/c21-15-8-7-14(9-16(15)22)19-24-18(25-26-19)12-3-1-11(2-4-12)17-10-27-20(23-17)13-5-6-13/h1-4,7-10,13H,5-6H2. The van der Waals surface area contributed by atoms with E-state index in [2.05, 4.69) is 15.5 Å². The Hall–Kier alpha value is -2.93. The average molecular weight is 381 g/mol. The molecular formula is C20H13F2N3OS. The van der Waals surface area contributed by atoms with E-state index in [1.54, 1.807) is 11.3 Å². The van der Waals surface area contributed by atoms with Crippen LogP contribution in [-0.4, -0.2) is 15.1 Å². The monoisotopic (exact) mass is 381 g/mol. The molecule has 4 nitrogen and oxygen atoms in total. The van der Waals surface area contributed by atoms with Crippen molar-refractivity contribution in [2.24, 2.45) is 0 Å². The number of thiazole rings is 1. The Morgan fingerprint density at radius 2 is 1.63 bits per heavy atom. The topological polar surface area (TPSA) is 51.8 Å². The van der Waals surface area contributed by atoms with Crippen molar-refractivity contribution in [3.8, 4) is 34.1 Å². The predicted octanol–water partition coefficient (Wildman–Crippen LogP) is 5.68. The first-order chi connectivity index (χ1) is 13.2. The fraction of sp³-hybridized carbons (Fsp3) is 0.150. The van der Waals surface area contributed by atoms with Crippen molar-refractivity contribution >= 4 is 11.3 Å². The SMILES string of the molecule is Fc1ccc(-c2nc(-c3ccc(-c4csc(C5CC5)n4)cc3)no2)cc1F. The molecule has 0 saturated heterocycles. The van der Waals surface area contributed by atoms with E-state index < -0.39 is 11.6 Å². The molecule has 0 aliphatic heterocycles. The van der Waals surface area contributed by atoms with Gasteiger partial charge in [-0.3, -0.25) is 0 Å². The number of aromatic nitrogens is 3. The molecule has 1 fully saturated rings. The zero-order valence-corrected chi connectivity index (χ0v) is 14.8. The third kappa shape index (κ3) is 3.14. The molecule has 1 aliphatic carbocycles. The molecule has 2 aromatic carbocycles. The Morgan fingerprint density at radius 3 is 2.37 bits per heavy atom. The summed E-state index contributed by atoms with van der Waals surface area (Å²) in [5.41, 5.74) is 3.11. The van der Waals surface area contributed by atoms with E-state index in [-0.39, 0.29) is 5.89 Å². The molecule has 2 heterocycles. The molecule has 134 valence electrons. The average Bonchev–Trinajstić information content (AvgIpc) is 3.22. The Bertz CT molecular complexity index is 1120. The summed E-state index contributed by atoms with van der Waals surface area (Å²) in [7, 11) is 0. The molecule has 0 N–H and O–H groups in total. The fourth-order valence-corrected chi connectivity index (χ4v) is 3.82. The zero-order chi connectivity index (χ0) is 18.4. The highest BCUT2D eigenvalue weighted by Gasteiger charge is 2.26. The van der Waals surface area contributed by atoms with Crippen molar-refractivity contribution in [2.45, 2.75) is 18.8 Å². The van der Waals surface area contributed by atoms with Crippen molar-refractivity contribution < 1.29 is 13.3 Å². The van der Waals surface area contributed by atoms with E-state index in [0.717, 1.165) is 29.0 Å². The van der Waals surface area contributed by atoms with Crippen molar-refractivity contribution in [3.05, 3.63) is 64.5 Å². The highest BCUT2D eigenvalue weighted by Crippen LogP contribution is 2.42. The second-order valence-electron chi connectivity index (χ2n) is 6.47. The Balaban J connectivity index is 1.40. The second-order valence-corrected chi connectivity index (χ2v) is 7.36. The van der Waals surface area contributed by atoms with Crippen LogP contribution in [0.3, 0.4) is 0 Å². The zero-order valence-electron chi connectivity index (χ0n) is 14.0. The molecule has 4 aromatic rings. The minimum atomic E-state index is -0.953. The summed E-state index contributed by atoms with van der Waals surface area (Å²) in [5, 5.41) is 7.23. The van der Waals surface area contributed by atoms with E-state index in [4.69, 9.17) is 9.51 Å². The van der Waals surface area contributed by atoms with Crippen LogP contribution < -0.4 is 0 Å². The van der Waals surface area contributed by atoms with Crippen molar-refractivity contribution in [2.75, 3.05) is 0 Å². The van der Waals surface area contributed by atoms with Crippen LogP contribution in [0.25, 0.3) is 34.1 Å². The molecule has 2 aromatic heterocycles. The van der Waals surface area contributed by atoms with Crippen molar-refractivity contribution in [1.29, 1.82) is 0 Å². The first-order valence-electron chi connectivity index (χ1n) is 8.53. The van der Waals surface area contributed by atoms with Gasteiger partial charge in [-0.1, -0.05) is 29.4 Å². The molecule has 0 atom stereocenters. The van der Waals surface area contributed by atoms with Crippen LogP contribution in [-0.2, 0) is 0 Å².